The number of ether oxygens (including phenoxy) is 1. The van der Waals surface area contributed by atoms with Crippen molar-refractivity contribution in [3.8, 4) is 0 Å². The molecule has 3 N–H and O–H groups in total. The first kappa shape index (κ1) is 13.8. The van der Waals surface area contributed by atoms with Crippen molar-refractivity contribution in [2.24, 2.45) is 11.7 Å². The molecule has 2 saturated heterocycles. The highest BCUT2D eigenvalue weighted by molar-refractivity contribution is 5.76. The highest BCUT2D eigenvalue weighted by atomic mass is 16.5. The van der Waals surface area contributed by atoms with Crippen LogP contribution >= 0.6 is 0 Å². The number of carbonyl (C=O) groups is 1. The topological polar surface area (TPSA) is 67.6 Å². The van der Waals surface area contributed by atoms with Crippen molar-refractivity contribution in [2.75, 3.05) is 32.8 Å². The number of nitrogens with two attached hydrogens (primary N) is 1. The summed E-state index contributed by atoms with van der Waals surface area (Å²) >= 11 is 0. The van der Waals surface area contributed by atoms with Crippen molar-refractivity contribution in [3.05, 3.63) is 0 Å². The van der Waals surface area contributed by atoms with E-state index >= 15 is 0 Å². The van der Waals surface area contributed by atoms with Crippen molar-refractivity contribution in [2.45, 2.75) is 38.3 Å². The maximum Gasteiger partial charge on any atom is 0.220 e. The monoisotopic (exact) mass is 255 g/mol. The molecular weight excluding hydrogens is 230 g/mol. The Hall–Kier alpha value is -0.650. The van der Waals surface area contributed by atoms with Gasteiger partial charge in [0.2, 0.25) is 5.91 Å². The zero-order valence-electron chi connectivity index (χ0n) is 11.2. The van der Waals surface area contributed by atoms with Crippen LogP contribution in [-0.2, 0) is 9.53 Å². The minimum absolute atomic E-state index is 0.0876. The van der Waals surface area contributed by atoms with Crippen molar-refractivity contribution < 1.29 is 9.53 Å². The van der Waals surface area contributed by atoms with E-state index < -0.39 is 0 Å². The third-order valence-electron chi connectivity index (χ3n) is 4.18. The van der Waals surface area contributed by atoms with Gasteiger partial charge in [0.25, 0.3) is 0 Å². The Kier molecular flexibility index (Phi) is 4.97. The molecule has 0 spiro atoms. The molecule has 2 aliphatic rings. The summed E-state index contributed by atoms with van der Waals surface area (Å²) in [6.07, 6.45) is 2.93. The fourth-order valence-electron chi connectivity index (χ4n) is 2.96. The number of amides is 1. The lowest BCUT2D eigenvalue weighted by Gasteiger charge is -2.37. The van der Waals surface area contributed by atoms with Gasteiger partial charge in [-0.05, 0) is 39.3 Å². The van der Waals surface area contributed by atoms with Crippen LogP contribution in [0.5, 0.6) is 0 Å². The lowest BCUT2D eigenvalue weighted by Crippen LogP contribution is -2.48. The largest absolute Gasteiger partial charge is 0.379 e. The van der Waals surface area contributed by atoms with Gasteiger partial charge in [0.15, 0.2) is 0 Å². The predicted octanol–water partition coefficient (Wildman–Crippen LogP) is -0.0493. The van der Waals surface area contributed by atoms with Crippen LogP contribution in [-0.4, -0.2) is 55.7 Å². The molecule has 0 saturated carbocycles. The number of hydrogen-bond acceptors (Lipinski definition) is 4. The molecule has 104 valence electrons. The SMILES string of the molecule is CC(CC1COCCN1)N1CCC(C(N)=O)CC1. The van der Waals surface area contributed by atoms with Crippen LogP contribution in [0, 0.1) is 5.92 Å². The van der Waals surface area contributed by atoms with Crippen molar-refractivity contribution >= 4 is 5.91 Å². The number of rotatable bonds is 4. The Balaban J connectivity index is 1.73. The molecule has 0 aromatic heterocycles. The van der Waals surface area contributed by atoms with E-state index in [1.54, 1.807) is 0 Å². The number of piperidine rings is 1. The van der Waals surface area contributed by atoms with Crippen LogP contribution in [0.2, 0.25) is 0 Å². The van der Waals surface area contributed by atoms with Gasteiger partial charge in [-0.15, -0.1) is 0 Å². The van der Waals surface area contributed by atoms with E-state index in [1.165, 1.54) is 0 Å². The Morgan fingerprint density at radius 2 is 2.22 bits per heavy atom. The quantitative estimate of drug-likeness (QED) is 0.739. The fourth-order valence-corrected chi connectivity index (χ4v) is 2.96. The summed E-state index contributed by atoms with van der Waals surface area (Å²) in [4.78, 5) is 13.6. The second-order valence-corrected chi connectivity index (χ2v) is 5.52. The van der Waals surface area contributed by atoms with E-state index in [0.29, 0.717) is 12.1 Å². The molecule has 0 aromatic carbocycles. The first-order valence-corrected chi connectivity index (χ1v) is 7.01. The third kappa shape index (κ3) is 3.67. The minimum atomic E-state index is -0.135. The summed E-state index contributed by atoms with van der Waals surface area (Å²) in [5.41, 5.74) is 5.35. The molecule has 5 nitrogen and oxygen atoms in total. The Morgan fingerprint density at radius 3 is 2.78 bits per heavy atom. The average Bonchev–Trinajstić information content (AvgIpc) is 2.40. The van der Waals surface area contributed by atoms with Crippen LogP contribution in [0.1, 0.15) is 26.2 Å². The minimum Gasteiger partial charge on any atom is -0.379 e. The van der Waals surface area contributed by atoms with Crippen molar-refractivity contribution in [1.29, 1.82) is 0 Å². The number of likely N-dealkylation sites (tertiary alicyclic amines) is 1. The van der Waals surface area contributed by atoms with E-state index in [-0.39, 0.29) is 11.8 Å². The third-order valence-corrected chi connectivity index (χ3v) is 4.18. The number of carbonyl (C=O) groups excluding carboxylic acids is 1. The molecule has 0 aliphatic carbocycles. The molecule has 5 heteroatoms. The molecule has 18 heavy (non-hydrogen) atoms. The summed E-state index contributed by atoms with van der Waals surface area (Å²) in [5.74, 6) is -0.0470. The van der Waals surface area contributed by atoms with Gasteiger partial charge in [0.1, 0.15) is 0 Å². The summed E-state index contributed by atoms with van der Waals surface area (Å²) < 4.78 is 5.48. The van der Waals surface area contributed by atoms with E-state index in [0.717, 1.165) is 52.1 Å². The number of primary amides is 1. The molecule has 2 heterocycles. The van der Waals surface area contributed by atoms with E-state index in [1.807, 2.05) is 0 Å². The maximum atomic E-state index is 11.1. The van der Waals surface area contributed by atoms with Gasteiger partial charge in [-0.1, -0.05) is 0 Å². The average molecular weight is 255 g/mol. The van der Waals surface area contributed by atoms with Crippen molar-refractivity contribution in [1.82, 2.24) is 10.2 Å². The summed E-state index contributed by atoms with van der Waals surface area (Å²) in [5, 5.41) is 3.49. The molecule has 2 rings (SSSR count). The molecule has 0 bridgehead atoms. The van der Waals surface area contributed by atoms with Gasteiger partial charge in [-0.2, -0.15) is 0 Å². The number of nitrogens with one attached hydrogen (secondary N) is 1. The van der Waals surface area contributed by atoms with Gasteiger partial charge in [0, 0.05) is 24.5 Å². The fraction of sp³-hybridized carbons (Fsp3) is 0.923. The standard InChI is InChI=1S/C13H25N3O2/c1-10(8-12-9-18-7-4-15-12)16-5-2-11(3-6-16)13(14)17/h10-12,15H,2-9H2,1H3,(H2,14,17). The number of nitrogens with zero attached hydrogens (tertiary/aromatic N) is 1. The van der Waals surface area contributed by atoms with E-state index in [4.69, 9.17) is 10.5 Å². The smallest absolute Gasteiger partial charge is 0.220 e. The second kappa shape index (κ2) is 6.50. The summed E-state index contributed by atoms with van der Waals surface area (Å²) in [7, 11) is 0. The van der Waals surface area contributed by atoms with Crippen LogP contribution in [0.3, 0.4) is 0 Å². The van der Waals surface area contributed by atoms with Gasteiger partial charge in [-0.3, -0.25) is 4.79 Å². The lowest BCUT2D eigenvalue weighted by molar-refractivity contribution is -0.123. The Labute approximate surface area is 109 Å². The van der Waals surface area contributed by atoms with Crippen LogP contribution in [0.4, 0.5) is 0 Å². The molecule has 2 fully saturated rings. The normalized spacial score (nSPS) is 29.1. The first-order valence-electron chi connectivity index (χ1n) is 7.01. The summed E-state index contributed by atoms with van der Waals surface area (Å²) in [6, 6.07) is 1.01. The summed E-state index contributed by atoms with van der Waals surface area (Å²) in [6.45, 7) is 6.85. The first-order chi connectivity index (χ1) is 8.66. The molecule has 1 amide bonds. The Bertz CT molecular complexity index is 271. The van der Waals surface area contributed by atoms with E-state index in [9.17, 15) is 4.79 Å². The zero-order valence-corrected chi connectivity index (χ0v) is 11.2. The molecule has 0 aromatic rings. The van der Waals surface area contributed by atoms with Crippen LogP contribution in [0.15, 0.2) is 0 Å². The van der Waals surface area contributed by atoms with Gasteiger partial charge >= 0.3 is 0 Å². The second-order valence-electron chi connectivity index (χ2n) is 5.52. The van der Waals surface area contributed by atoms with E-state index in [2.05, 4.69) is 17.1 Å². The number of hydrogen-bond donors (Lipinski definition) is 2. The molecular formula is C13H25N3O2. The van der Waals surface area contributed by atoms with Gasteiger partial charge in [-0.25, -0.2) is 0 Å². The zero-order chi connectivity index (χ0) is 13.0. The maximum absolute atomic E-state index is 11.1. The Morgan fingerprint density at radius 1 is 1.50 bits per heavy atom. The highest BCUT2D eigenvalue weighted by Gasteiger charge is 2.27. The highest BCUT2D eigenvalue weighted by Crippen LogP contribution is 2.20. The van der Waals surface area contributed by atoms with Crippen LogP contribution in [0.25, 0.3) is 0 Å². The van der Waals surface area contributed by atoms with Gasteiger partial charge < -0.3 is 20.7 Å². The van der Waals surface area contributed by atoms with Crippen molar-refractivity contribution in [3.63, 3.8) is 0 Å². The number of morpholine rings is 1. The van der Waals surface area contributed by atoms with Gasteiger partial charge in [0.05, 0.1) is 13.2 Å². The molecule has 0 radical (unpaired) electrons. The predicted molar refractivity (Wildman–Crippen MR) is 70.2 cm³/mol. The molecule has 2 aliphatic heterocycles. The lowest BCUT2D eigenvalue weighted by atomic mass is 9.94. The molecule has 2 unspecified atom stereocenters. The molecule has 2 atom stereocenters. The van der Waals surface area contributed by atoms with Crippen LogP contribution < -0.4 is 11.1 Å².